The van der Waals surface area contributed by atoms with Crippen molar-refractivity contribution in [3.05, 3.63) is 90.3 Å². The molecule has 9 heteroatoms. The summed E-state index contributed by atoms with van der Waals surface area (Å²) in [6.07, 6.45) is 11.0. The van der Waals surface area contributed by atoms with Crippen LogP contribution in [0.3, 0.4) is 0 Å². The van der Waals surface area contributed by atoms with E-state index < -0.39 is 0 Å². The SMILES string of the molecule is CC1(C)CN=C(c2cncc(-c3cc(-c4cncc(C5=NCC(C)(C)O5)c4)cc(-c4cncc(C5=NCC(C)(C)O5)c4)c3)c2)O1. The van der Waals surface area contributed by atoms with Crippen LogP contribution in [0.2, 0.25) is 0 Å². The van der Waals surface area contributed by atoms with Gasteiger partial charge in [-0.1, -0.05) is 0 Å². The number of pyridine rings is 3. The lowest BCUT2D eigenvalue weighted by atomic mass is 9.93. The van der Waals surface area contributed by atoms with Crippen molar-refractivity contribution in [1.82, 2.24) is 15.0 Å². The standard InChI is InChI=1S/C36H36N6O3/c1-34(2)19-40-31(43-34)28-10-25(13-37-16-28)22-7-23(26-11-29(17-38-14-26)32-41-20-35(3,4)44-32)9-24(8-22)27-12-30(18-39-15-27)33-42-21-36(5,6)45-33/h7-18H,19-21H2,1-6H3. The molecule has 1 aromatic carbocycles. The molecule has 0 saturated carbocycles. The second-order valence-electron chi connectivity index (χ2n) is 13.6. The quantitative estimate of drug-likeness (QED) is 0.249. The Morgan fingerprint density at radius 1 is 0.378 bits per heavy atom. The van der Waals surface area contributed by atoms with Gasteiger partial charge >= 0.3 is 0 Å². The van der Waals surface area contributed by atoms with Crippen LogP contribution < -0.4 is 0 Å². The fourth-order valence-corrected chi connectivity index (χ4v) is 5.49. The summed E-state index contributed by atoms with van der Waals surface area (Å²) in [4.78, 5) is 27.6. The Bertz CT molecular complexity index is 1680. The fraction of sp³-hybridized carbons (Fsp3) is 0.333. The van der Waals surface area contributed by atoms with Gasteiger partial charge in [-0.2, -0.15) is 0 Å². The van der Waals surface area contributed by atoms with Crippen molar-refractivity contribution in [2.45, 2.75) is 58.3 Å². The summed E-state index contributed by atoms with van der Waals surface area (Å²) in [7, 11) is 0. The molecule has 0 atom stereocenters. The first-order valence-corrected chi connectivity index (χ1v) is 15.2. The highest BCUT2D eigenvalue weighted by molar-refractivity contribution is 5.98. The molecule has 7 rings (SSSR count). The Hall–Kier alpha value is -4.92. The highest BCUT2D eigenvalue weighted by Gasteiger charge is 2.30. The minimum atomic E-state index is -0.334. The van der Waals surface area contributed by atoms with Gasteiger partial charge in [0.15, 0.2) is 0 Å². The van der Waals surface area contributed by atoms with Crippen molar-refractivity contribution >= 4 is 17.7 Å². The summed E-state index contributed by atoms with van der Waals surface area (Å²) in [5.41, 5.74) is 7.30. The Balaban J connectivity index is 1.32. The van der Waals surface area contributed by atoms with E-state index in [1.54, 1.807) is 18.6 Å². The van der Waals surface area contributed by atoms with E-state index in [9.17, 15) is 0 Å². The first-order chi connectivity index (χ1) is 21.4. The molecule has 0 aliphatic carbocycles. The van der Waals surface area contributed by atoms with Gasteiger partial charge in [-0.15, -0.1) is 0 Å². The molecule has 228 valence electrons. The second kappa shape index (κ2) is 10.6. The van der Waals surface area contributed by atoms with Crippen molar-refractivity contribution in [1.29, 1.82) is 0 Å². The summed E-state index contributed by atoms with van der Waals surface area (Å²) in [6.45, 7) is 14.0. The minimum absolute atomic E-state index is 0.334. The van der Waals surface area contributed by atoms with E-state index in [-0.39, 0.29) is 16.8 Å². The number of hydrogen-bond acceptors (Lipinski definition) is 9. The summed E-state index contributed by atoms with van der Waals surface area (Å²) in [6, 6.07) is 12.7. The Morgan fingerprint density at radius 3 is 0.867 bits per heavy atom. The van der Waals surface area contributed by atoms with Gasteiger partial charge in [-0.3, -0.25) is 15.0 Å². The Labute approximate surface area is 263 Å². The van der Waals surface area contributed by atoms with Crippen molar-refractivity contribution < 1.29 is 14.2 Å². The fourth-order valence-electron chi connectivity index (χ4n) is 5.49. The first kappa shape index (κ1) is 28.8. The highest BCUT2D eigenvalue weighted by atomic mass is 16.5. The normalized spacial score (nSPS) is 19.2. The van der Waals surface area contributed by atoms with Crippen LogP contribution in [0.25, 0.3) is 33.4 Å². The van der Waals surface area contributed by atoms with Crippen molar-refractivity contribution in [3.63, 3.8) is 0 Å². The Kier molecular flexibility index (Phi) is 6.80. The van der Waals surface area contributed by atoms with Gasteiger partial charge in [-0.05, 0) is 94.6 Å². The molecule has 0 saturated heterocycles. The smallest absolute Gasteiger partial charge is 0.218 e. The maximum absolute atomic E-state index is 6.11. The monoisotopic (exact) mass is 600 g/mol. The van der Waals surface area contributed by atoms with Crippen molar-refractivity contribution in [3.8, 4) is 33.4 Å². The Morgan fingerprint density at radius 2 is 0.622 bits per heavy atom. The predicted molar refractivity (Wildman–Crippen MR) is 176 cm³/mol. The maximum atomic E-state index is 6.11. The van der Waals surface area contributed by atoms with E-state index in [1.807, 2.05) is 60.1 Å². The lowest BCUT2D eigenvalue weighted by Gasteiger charge is -2.18. The molecule has 9 nitrogen and oxygen atoms in total. The third kappa shape index (κ3) is 6.07. The van der Waals surface area contributed by atoms with Crippen LogP contribution in [-0.2, 0) is 14.2 Å². The summed E-state index contributed by atoms with van der Waals surface area (Å²) >= 11 is 0. The largest absolute Gasteiger partial charge is 0.469 e. The molecule has 3 aromatic heterocycles. The third-order valence-electron chi connectivity index (χ3n) is 7.82. The molecule has 0 unspecified atom stereocenters. The molecule has 0 spiro atoms. The van der Waals surface area contributed by atoms with Crippen LogP contribution in [0.5, 0.6) is 0 Å². The highest BCUT2D eigenvalue weighted by Crippen LogP contribution is 2.35. The van der Waals surface area contributed by atoms with E-state index in [0.717, 1.165) is 50.1 Å². The van der Waals surface area contributed by atoms with Gasteiger partial charge in [0.1, 0.15) is 16.8 Å². The van der Waals surface area contributed by atoms with Crippen molar-refractivity contribution in [2.75, 3.05) is 19.6 Å². The lowest BCUT2D eigenvalue weighted by Crippen LogP contribution is -2.24. The van der Waals surface area contributed by atoms with Crippen LogP contribution in [0.15, 0.2) is 88.6 Å². The van der Waals surface area contributed by atoms with E-state index in [4.69, 9.17) is 14.2 Å². The molecule has 45 heavy (non-hydrogen) atoms. The molecule has 0 N–H and O–H groups in total. The van der Waals surface area contributed by atoms with Crippen LogP contribution in [0.4, 0.5) is 0 Å². The molecule has 3 aliphatic rings. The molecule has 0 bridgehead atoms. The zero-order valence-corrected chi connectivity index (χ0v) is 26.5. The van der Waals surface area contributed by atoms with Crippen molar-refractivity contribution in [2.24, 2.45) is 15.0 Å². The molecular formula is C36H36N6O3. The molecule has 4 aromatic rings. The van der Waals surface area contributed by atoms with Gasteiger partial charge in [0.05, 0.1) is 36.3 Å². The molecule has 3 aliphatic heterocycles. The van der Waals surface area contributed by atoms with E-state index in [1.165, 1.54) is 0 Å². The zero-order valence-electron chi connectivity index (χ0n) is 26.5. The molecule has 0 radical (unpaired) electrons. The predicted octanol–water partition coefficient (Wildman–Crippen LogP) is 6.54. The molecule has 6 heterocycles. The zero-order chi connectivity index (χ0) is 31.4. The van der Waals surface area contributed by atoms with Gasteiger partial charge in [0.25, 0.3) is 0 Å². The summed E-state index contributed by atoms with van der Waals surface area (Å²) in [5, 5.41) is 0. The number of hydrogen-bond donors (Lipinski definition) is 0. The topological polar surface area (TPSA) is 103 Å². The van der Waals surface area contributed by atoms with E-state index >= 15 is 0 Å². The van der Waals surface area contributed by atoms with Crippen LogP contribution >= 0.6 is 0 Å². The van der Waals surface area contributed by atoms with E-state index in [2.05, 4.69) is 66.3 Å². The maximum Gasteiger partial charge on any atom is 0.218 e. The van der Waals surface area contributed by atoms with Gasteiger partial charge < -0.3 is 14.2 Å². The average Bonchev–Trinajstić information content (AvgIpc) is 3.71. The molecule has 0 fully saturated rings. The average molecular weight is 601 g/mol. The molecular weight excluding hydrogens is 564 g/mol. The summed E-state index contributed by atoms with van der Waals surface area (Å²) < 4.78 is 18.3. The third-order valence-corrected chi connectivity index (χ3v) is 7.82. The van der Waals surface area contributed by atoms with Crippen LogP contribution in [0.1, 0.15) is 58.2 Å². The van der Waals surface area contributed by atoms with Crippen LogP contribution in [0, 0.1) is 0 Å². The first-order valence-electron chi connectivity index (χ1n) is 15.2. The number of rotatable bonds is 6. The lowest BCUT2D eigenvalue weighted by molar-refractivity contribution is 0.131. The van der Waals surface area contributed by atoms with Crippen LogP contribution in [-0.4, -0.2) is 69.1 Å². The van der Waals surface area contributed by atoms with Gasteiger partial charge in [0.2, 0.25) is 17.7 Å². The molecule has 0 amide bonds. The second-order valence-corrected chi connectivity index (χ2v) is 13.6. The number of ether oxygens (including phenoxy) is 3. The van der Waals surface area contributed by atoms with E-state index in [0.29, 0.717) is 37.3 Å². The number of nitrogens with zero attached hydrogens (tertiary/aromatic N) is 6. The van der Waals surface area contributed by atoms with Gasteiger partial charge in [-0.25, -0.2) is 15.0 Å². The van der Waals surface area contributed by atoms with Gasteiger partial charge in [0, 0.05) is 53.9 Å². The number of aromatic nitrogens is 3. The summed E-state index contributed by atoms with van der Waals surface area (Å²) in [5.74, 6) is 1.83. The minimum Gasteiger partial charge on any atom is -0.469 e. The number of aliphatic imine (C=N–C) groups is 3. The number of benzene rings is 1.